The molecule has 0 amide bonds. The molecule has 0 spiro atoms. The number of hydrogen-bond donors (Lipinski definition) is 0. The van der Waals surface area contributed by atoms with E-state index in [-0.39, 0.29) is 0 Å². The molecule has 0 atom stereocenters. The maximum absolute atomic E-state index is 11.6. The summed E-state index contributed by atoms with van der Waals surface area (Å²) in [5.74, 6) is 0. The summed E-state index contributed by atoms with van der Waals surface area (Å²) in [5.41, 5.74) is 0. The number of hydrogen-bond acceptors (Lipinski definition) is 1. The molecule has 0 aliphatic heterocycles. The van der Waals surface area contributed by atoms with Crippen LogP contribution in [0.4, 0.5) is 26.3 Å². The van der Waals surface area contributed by atoms with Crippen molar-refractivity contribution in [3.8, 4) is 0 Å². The van der Waals surface area contributed by atoms with Gasteiger partial charge >= 0.3 is 12.6 Å². The van der Waals surface area contributed by atoms with Crippen LogP contribution >= 0.6 is 0 Å². The zero-order valence-corrected chi connectivity index (χ0v) is 8.70. The fraction of sp³-hybridized carbons (Fsp3) is 0.556. The average Bonchev–Trinajstić information content (AvgIpc) is 2.11. The Morgan fingerprint density at radius 3 is 1.31 bits per heavy atom. The van der Waals surface area contributed by atoms with Gasteiger partial charge in [0.05, 0.1) is 0 Å². The van der Waals surface area contributed by atoms with Crippen LogP contribution in [-0.4, -0.2) is 24.0 Å². The van der Waals surface area contributed by atoms with Crippen LogP contribution in [0.15, 0.2) is 25.3 Å². The Hall–Kier alpha value is -0.980. The number of rotatable bonds is 3. The highest BCUT2D eigenvalue weighted by molar-refractivity contribution is 4.76. The van der Waals surface area contributed by atoms with Gasteiger partial charge in [-0.05, 0) is 6.42 Å². The number of halogens is 6. The Bertz CT molecular complexity index is 191. The summed E-state index contributed by atoms with van der Waals surface area (Å²) in [6.07, 6.45) is -7.33. The highest BCUT2D eigenvalue weighted by atomic mass is 19.4. The first-order chi connectivity index (χ1) is 7.11. The van der Waals surface area contributed by atoms with E-state index in [0.717, 1.165) is 6.42 Å². The minimum absolute atomic E-state index is 0.529. The third kappa shape index (κ3) is 8.34. The normalized spacial score (nSPS) is 11.8. The predicted octanol–water partition coefficient (Wildman–Crippen LogP) is 4.10. The largest absolute Gasteiger partial charge is 0.467 e. The lowest BCUT2D eigenvalue weighted by molar-refractivity contribution is -0.369. The molecule has 0 bridgehead atoms. The van der Waals surface area contributed by atoms with Crippen molar-refractivity contribution in [2.45, 2.75) is 25.9 Å². The van der Waals surface area contributed by atoms with E-state index in [9.17, 15) is 26.3 Å². The van der Waals surface area contributed by atoms with Gasteiger partial charge in [-0.1, -0.05) is 19.1 Å². The molecule has 0 aromatic carbocycles. The van der Waals surface area contributed by atoms with Crippen molar-refractivity contribution >= 4 is 0 Å². The van der Waals surface area contributed by atoms with Gasteiger partial charge in [0.25, 0.3) is 0 Å². The highest BCUT2D eigenvalue weighted by Gasteiger charge is 2.52. The van der Waals surface area contributed by atoms with Crippen LogP contribution in [-0.2, 0) is 0 Å². The molecule has 0 aliphatic rings. The number of alkyl halides is 6. The van der Waals surface area contributed by atoms with E-state index < -0.39 is 24.0 Å². The van der Waals surface area contributed by atoms with Crippen LogP contribution in [0.5, 0.6) is 0 Å². The molecule has 0 saturated carbocycles. The van der Waals surface area contributed by atoms with Crippen LogP contribution in [0.3, 0.4) is 0 Å². The summed E-state index contributed by atoms with van der Waals surface area (Å²) in [6.45, 7) is 7.03. The lowest BCUT2D eigenvalue weighted by Crippen LogP contribution is -2.47. The quantitative estimate of drug-likeness (QED) is 0.413. The van der Waals surface area contributed by atoms with Crippen LogP contribution in [0, 0.1) is 0 Å². The molecule has 7 heteroatoms. The third-order valence-electron chi connectivity index (χ3n) is 1.21. The van der Waals surface area contributed by atoms with E-state index in [1.807, 2.05) is 6.08 Å². The Balaban J connectivity index is 0. The first kappa shape index (κ1) is 17.4. The Labute approximate surface area is 90.0 Å². The smallest absolute Gasteiger partial charge is 0.155 e. The maximum Gasteiger partial charge on any atom is 0.467 e. The van der Waals surface area contributed by atoms with Crippen LogP contribution in [0.1, 0.15) is 13.3 Å². The van der Waals surface area contributed by atoms with E-state index in [4.69, 9.17) is 0 Å². The van der Waals surface area contributed by atoms with E-state index in [2.05, 4.69) is 20.1 Å². The topological polar surface area (TPSA) is 3.24 Å². The second kappa shape index (κ2) is 7.32. The van der Waals surface area contributed by atoms with Crippen molar-refractivity contribution in [1.29, 1.82) is 0 Å². The van der Waals surface area contributed by atoms with Gasteiger partial charge < -0.3 is 0 Å². The second-order valence-corrected chi connectivity index (χ2v) is 2.53. The predicted molar refractivity (Wildman–Crippen MR) is 49.5 cm³/mol. The molecule has 0 aliphatic carbocycles. The summed E-state index contributed by atoms with van der Waals surface area (Å²) in [7, 11) is 0. The monoisotopic (exact) mass is 249 g/mol. The molecule has 0 fully saturated rings. The molecular formula is C9H13F6N. The SMILES string of the molecule is C=CCC.C=CCN(C(F)(F)F)C(F)(F)F. The molecule has 0 saturated heterocycles. The molecule has 0 heterocycles. The molecule has 16 heavy (non-hydrogen) atoms. The lowest BCUT2D eigenvalue weighted by atomic mass is 10.5. The van der Waals surface area contributed by atoms with Crippen molar-refractivity contribution in [3.05, 3.63) is 25.3 Å². The van der Waals surface area contributed by atoms with Gasteiger partial charge in [-0.2, -0.15) is 26.3 Å². The Kier molecular flexibility index (Phi) is 7.97. The van der Waals surface area contributed by atoms with Gasteiger partial charge in [-0.15, -0.1) is 18.1 Å². The van der Waals surface area contributed by atoms with Crippen LogP contribution in [0.2, 0.25) is 0 Å². The summed E-state index contributed by atoms with van der Waals surface area (Å²) in [4.78, 5) is -1.56. The highest BCUT2D eigenvalue weighted by Crippen LogP contribution is 2.32. The lowest BCUT2D eigenvalue weighted by Gasteiger charge is -2.25. The van der Waals surface area contributed by atoms with Gasteiger partial charge in [-0.25, -0.2) is 0 Å². The summed E-state index contributed by atoms with van der Waals surface area (Å²) in [6, 6.07) is 0. The molecule has 1 nitrogen and oxygen atoms in total. The molecule has 96 valence electrons. The number of allylic oxidation sites excluding steroid dienone is 1. The van der Waals surface area contributed by atoms with E-state index in [1.165, 1.54) is 0 Å². The van der Waals surface area contributed by atoms with Gasteiger partial charge in [0, 0.05) is 6.54 Å². The fourth-order valence-electron chi connectivity index (χ4n) is 0.480. The molecule has 0 aromatic rings. The Morgan fingerprint density at radius 1 is 0.938 bits per heavy atom. The number of nitrogens with zero attached hydrogens (tertiary/aromatic N) is 1. The van der Waals surface area contributed by atoms with Gasteiger partial charge in [0.2, 0.25) is 0 Å². The molecule has 0 aromatic heterocycles. The van der Waals surface area contributed by atoms with E-state index >= 15 is 0 Å². The third-order valence-corrected chi connectivity index (χ3v) is 1.21. The first-order valence-electron chi connectivity index (χ1n) is 4.24. The van der Waals surface area contributed by atoms with Crippen LogP contribution in [0.25, 0.3) is 0 Å². The van der Waals surface area contributed by atoms with Crippen molar-refractivity contribution in [2.24, 2.45) is 0 Å². The minimum Gasteiger partial charge on any atom is -0.155 e. The summed E-state index contributed by atoms with van der Waals surface area (Å²) < 4.78 is 69.4. The molecular weight excluding hydrogens is 236 g/mol. The summed E-state index contributed by atoms with van der Waals surface area (Å²) >= 11 is 0. The van der Waals surface area contributed by atoms with Crippen molar-refractivity contribution in [2.75, 3.05) is 6.54 Å². The second-order valence-electron chi connectivity index (χ2n) is 2.53. The van der Waals surface area contributed by atoms with Gasteiger partial charge in [-0.3, -0.25) is 0 Å². The zero-order chi connectivity index (χ0) is 13.4. The minimum atomic E-state index is -5.41. The van der Waals surface area contributed by atoms with Gasteiger partial charge in [0.1, 0.15) is 0 Å². The molecule has 0 N–H and O–H groups in total. The van der Waals surface area contributed by atoms with Crippen molar-refractivity contribution in [1.82, 2.24) is 4.90 Å². The van der Waals surface area contributed by atoms with E-state index in [1.54, 1.807) is 0 Å². The Morgan fingerprint density at radius 2 is 1.25 bits per heavy atom. The summed E-state index contributed by atoms with van der Waals surface area (Å²) in [5, 5.41) is 0. The zero-order valence-electron chi connectivity index (χ0n) is 8.70. The maximum atomic E-state index is 11.6. The fourth-order valence-corrected chi connectivity index (χ4v) is 0.480. The van der Waals surface area contributed by atoms with Crippen molar-refractivity contribution < 1.29 is 26.3 Å². The molecule has 0 radical (unpaired) electrons. The molecule has 0 rings (SSSR count). The first-order valence-corrected chi connectivity index (χ1v) is 4.24. The van der Waals surface area contributed by atoms with Crippen molar-refractivity contribution in [3.63, 3.8) is 0 Å². The standard InChI is InChI=1S/C5H5F6N.C4H8/c1-2-3-12(4(6,7)8)5(9,10)11;1-3-4-2/h2H,1,3H2;3H,1,4H2,2H3. The molecule has 0 unspecified atom stereocenters. The van der Waals surface area contributed by atoms with Crippen LogP contribution < -0.4 is 0 Å². The van der Waals surface area contributed by atoms with E-state index in [0.29, 0.717) is 6.08 Å². The average molecular weight is 249 g/mol. The van der Waals surface area contributed by atoms with Gasteiger partial charge in [0.15, 0.2) is 0 Å².